The maximum atomic E-state index is 13.5. The largest absolute Gasteiger partial charge is 0.511 e. The van der Waals surface area contributed by atoms with Crippen LogP contribution in [0.4, 0.5) is 4.79 Å². The van der Waals surface area contributed by atoms with Crippen LogP contribution in [0.25, 0.3) is 10.4 Å². The van der Waals surface area contributed by atoms with Crippen molar-refractivity contribution in [1.29, 1.82) is 0 Å². The molecule has 2 aliphatic rings. The number of β-lactam (4-membered cyclic amide) rings is 1. The number of thiazole rings is 1. The average Bonchev–Trinajstić information content (AvgIpc) is 3.54. The molecule has 0 spiro atoms. The highest BCUT2D eigenvalue weighted by molar-refractivity contribution is 7.98. The van der Waals surface area contributed by atoms with E-state index in [1.165, 1.54) is 34.9 Å². The van der Waals surface area contributed by atoms with Gasteiger partial charge in [0, 0.05) is 31.0 Å². The number of imidazole rings is 1. The van der Waals surface area contributed by atoms with Gasteiger partial charge in [0.2, 0.25) is 12.2 Å². The van der Waals surface area contributed by atoms with Crippen LogP contribution in [0.15, 0.2) is 53.6 Å². The van der Waals surface area contributed by atoms with Crippen molar-refractivity contribution < 1.29 is 33.7 Å². The summed E-state index contributed by atoms with van der Waals surface area (Å²) in [6.07, 6.45) is 2.97. The van der Waals surface area contributed by atoms with Gasteiger partial charge in [-0.3, -0.25) is 9.20 Å². The number of aromatic nitrogens is 2. The molecule has 0 aliphatic carbocycles. The van der Waals surface area contributed by atoms with Crippen molar-refractivity contribution in [3.8, 4) is 0 Å². The van der Waals surface area contributed by atoms with E-state index in [4.69, 9.17) is 14.2 Å². The molecule has 4 heterocycles. The molecule has 0 bridgehead atoms. The molecule has 3 aromatic rings. The predicted octanol–water partition coefficient (Wildman–Crippen LogP) is 3.97. The number of aliphatic hydroxyl groups is 1. The number of esters is 1. The van der Waals surface area contributed by atoms with E-state index in [1.807, 2.05) is 54.1 Å². The van der Waals surface area contributed by atoms with E-state index in [1.54, 1.807) is 13.3 Å². The number of carbonyl (C=O) groups excluding carboxylic acids is 3. The lowest BCUT2D eigenvalue weighted by atomic mass is 9.77. The highest BCUT2D eigenvalue weighted by atomic mass is 32.2. The molecule has 1 N–H and O–H groups in total. The lowest BCUT2D eigenvalue weighted by molar-refractivity contribution is -0.173. The Balaban J connectivity index is 1.33. The molecule has 10 nitrogen and oxygen atoms in total. The molecule has 1 amide bonds. The molecular formula is C27H29N3O7S2. The molecule has 206 valence electrons. The monoisotopic (exact) mass is 571 g/mol. The topological polar surface area (TPSA) is 120 Å². The number of rotatable bonds is 9. The van der Waals surface area contributed by atoms with Gasteiger partial charge in [-0.15, -0.1) is 23.1 Å². The first-order chi connectivity index (χ1) is 18.7. The molecule has 1 saturated heterocycles. The van der Waals surface area contributed by atoms with Crippen molar-refractivity contribution in [1.82, 2.24) is 14.3 Å². The van der Waals surface area contributed by atoms with E-state index in [0.29, 0.717) is 12.0 Å². The summed E-state index contributed by atoms with van der Waals surface area (Å²) < 4.78 is 17.6. The van der Waals surface area contributed by atoms with Gasteiger partial charge in [0.1, 0.15) is 21.9 Å². The number of amides is 1. The Hall–Kier alpha value is -3.35. The van der Waals surface area contributed by atoms with Crippen LogP contribution < -0.4 is 0 Å². The standard InChI is InChI=1S/C27H29N3O7S2/c1-14-19(18-12-29-13-28-23(38-4)25(29)39-18)22(30-21(14)20(15(2)31)24(30)32)26(33)36-16(3)37-27(34)35-11-10-17-8-6-5-7-9-17/h5-9,12-16,20-21,31H,10-11H2,1-4H3/t14-,15+,16?,20+,21+/m0/s1. The number of thioether (sulfide) groups is 1. The van der Waals surface area contributed by atoms with Crippen molar-refractivity contribution in [2.24, 2.45) is 11.8 Å². The Morgan fingerprint density at radius 2 is 1.95 bits per heavy atom. The summed E-state index contributed by atoms with van der Waals surface area (Å²) in [5, 5.41) is 11.1. The second kappa shape index (κ2) is 11.0. The first kappa shape index (κ1) is 27.2. The second-order valence-electron chi connectivity index (χ2n) is 9.50. The maximum Gasteiger partial charge on any atom is 0.511 e. The van der Waals surface area contributed by atoms with Crippen molar-refractivity contribution in [2.45, 2.75) is 50.7 Å². The second-order valence-corrected chi connectivity index (χ2v) is 11.3. The third-order valence-corrected chi connectivity index (χ3v) is 8.95. The lowest BCUT2D eigenvalue weighted by Crippen LogP contribution is -2.63. The summed E-state index contributed by atoms with van der Waals surface area (Å²) in [7, 11) is 0. The SMILES string of the molecule is CSc1ncn2cc(C3=C(C(=O)OC(C)OC(=O)OCCc4ccccc4)N4C(=O)[C@H]([C@@H](C)O)[C@H]4[C@H]3C)sc12. The van der Waals surface area contributed by atoms with E-state index in [2.05, 4.69) is 4.98 Å². The highest BCUT2D eigenvalue weighted by Gasteiger charge is 2.60. The number of aliphatic hydroxyl groups excluding tert-OH is 1. The zero-order chi connectivity index (χ0) is 27.8. The molecular weight excluding hydrogens is 542 g/mol. The Bertz CT molecular complexity index is 1430. The van der Waals surface area contributed by atoms with Crippen LogP contribution in [0, 0.1) is 11.8 Å². The van der Waals surface area contributed by atoms with Crippen LogP contribution in [0.3, 0.4) is 0 Å². The van der Waals surface area contributed by atoms with Gasteiger partial charge in [-0.2, -0.15) is 0 Å². The van der Waals surface area contributed by atoms with Crippen molar-refractivity contribution in [2.75, 3.05) is 12.9 Å². The Morgan fingerprint density at radius 1 is 1.21 bits per heavy atom. The van der Waals surface area contributed by atoms with Gasteiger partial charge >= 0.3 is 12.1 Å². The highest BCUT2D eigenvalue weighted by Crippen LogP contribution is 2.52. The van der Waals surface area contributed by atoms with E-state index in [0.717, 1.165) is 20.3 Å². The summed E-state index contributed by atoms with van der Waals surface area (Å²) in [5.41, 5.74) is 1.76. The molecule has 12 heteroatoms. The zero-order valence-corrected chi connectivity index (χ0v) is 23.5. The maximum absolute atomic E-state index is 13.5. The summed E-state index contributed by atoms with van der Waals surface area (Å²) in [5.74, 6) is -1.99. The van der Waals surface area contributed by atoms with Crippen LogP contribution >= 0.6 is 23.1 Å². The van der Waals surface area contributed by atoms with Crippen LogP contribution in [0.1, 0.15) is 31.2 Å². The van der Waals surface area contributed by atoms with Crippen molar-refractivity contribution >= 4 is 51.5 Å². The van der Waals surface area contributed by atoms with Gasteiger partial charge in [-0.25, -0.2) is 14.6 Å². The fourth-order valence-electron chi connectivity index (χ4n) is 5.22. The minimum atomic E-state index is -1.25. The molecule has 39 heavy (non-hydrogen) atoms. The third kappa shape index (κ3) is 5.04. The van der Waals surface area contributed by atoms with Crippen LogP contribution in [0.5, 0.6) is 0 Å². The minimum Gasteiger partial charge on any atom is -0.434 e. The van der Waals surface area contributed by atoms with Gasteiger partial charge in [0.25, 0.3) is 0 Å². The lowest BCUT2D eigenvalue weighted by Gasteiger charge is -2.46. The number of hydrogen-bond acceptors (Lipinski definition) is 10. The fraction of sp³-hybridized carbons (Fsp3) is 0.407. The Morgan fingerprint density at radius 3 is 2.64 bits per heavy atom. The van der Waals surface area contributed by atoms with E-state index < -0.39 is 30.4 Å². The van der Waals surface area contributed by atoms with E-state index >= 15 is 0 Å². The number of hydrogen-bond donors (Lipinski definition) is 1. The van der Waals surface area contributed by atoms with Gasteiger partial charge in [-0.05, 0) is 18.7 Å². The smallest absolute Gasteiger partial charge is 0.434 e. The Kier molecular flexibility index (Phi) is 7.70. The number of ether oxygens (including phenoxy) is 3. The first-order valence-corrected chi connectivity index (χ1v) is 14.6. The quantitative estimate of drug-likeness (QED) is 0.176. The Labute approximate surface area is 233 Å². The molecule has 0 radical (unpaired) electrons. The number of nitrogens with zero attached hydrogens (tertiary/aromatic N) is 3. The summed E-state index contributed by atoms with van der Waals surface area (Å²) in [4.78, 5) is 46.2. The van der Waals surface area contributed by atoms with Crippen molar-refractivity contribution in [3.05, 3.63) is 59.0 Å². The van der Waals surface area contributed by atoms with Crippen LogP contribution in [-0.4, -0.2) is 68.7 Å². The number of carbonyl (C=O) groups is 3. The summed E-state index contributed by atoms with van der Waals surface area (Å²) >= 11 is 2.98. The van der Waals surface area contributed by atoms with Gasteiger partial charge in [-0.1, -0.05) is 37.3 Å². The first-order valence-electron chi connectivity index (χ1n) is 12.6. The molecule has 2 aromatic heterocycles. The predicted molar refractivity (Wildman–Crippen MR) is 145 cm³/mol. The molecule has 1 fully saturated rings. The van der Waals surface area contributed by atoms with Crippen molar-refractivity contribution in [3.63, 3.8) is 0 Å². The summed E-state index contributed by atoms with van der Waals surface area (Å²) in [6.45, 7) is 5.03. The normalized spacial score (nSPS) is 21.9. The van der Waals surface area contributed by atoms with Gasteiger partial charge < -0.3 is 24.2 Å². The molecule has 1 unspecified atom stereocenters. The third-order valence-electron chi connectivity index (χ3n) is 6.99. The van der Waals surface area contributed by atoms with E-state index in [-0.39, 0.29) is 30.2 Å². The molecule has 5 atom stereocenters. The number of benzene rings is 1. The molecule has 2 aliphatic heterocycles. The minimum absolute atomic E-state index is 0.102. The fourth-order valence-corrected chi connectivity index (χ4v) is 7.14. The van der Waals surface area contributed by atoms with Gasteiger partial charge in [0.05, 0.1) is 29.5 Å². The number of fused-ring (bicyclic) bond motifs is 2. The van der Waals surface area contributed by atoms with E-state index in [9.17, 15) is 19.5 Å². The zero-order valence-electron chi connectivity index (χ0n) is 21.9. The molecule has 1 aromatic carbocycles. The average molecular weight is 572 g/mol. The van der Waals surface area contributed by atoms with Gasteiger partial charge in [0.15, 0.2) is 0 Å². The molecule has 0 saturated carbocycles. The van der Waals surface area contributed by atoms with Crippen LogP contribution in [-0.2, 0) is 30.2 Å². The molecule has 5 rings (SSSR count). The van der Waals surface area contributed by atoms with Crippen LogP contribution in [0.2, 0.25) is 0 Å². The summed E-state index contributed by atoms with van der Waals surface area (Å²) in [6, 6.07) is 9.16.